The molecule has 140 heavy (non-hydrogen) atoms. The van der Waals surface area contributed by atoms with E-state index in [1.165, 1.54) is 168 Å². The zero-order chi connectivity index (χ0) is 191. The molecule has 0 amide bonds. The maximum absolute atomic E-state index is 11.9. The summed E-state index contributed by atoms with van der Waals surface area (Å²) in [7, 11) is 18.7. The molecule has 0 aromatic heterocycles. The van der Waals surface area contributed by atoms with Crippen LogP contribution in [0.4, 0.5) is 0 Å². The molecule has 21 nitrogen and oxygen atoms in total. The van der Waals surface area contributed by atoms with Crippen LogP contribution in [-0.2, 0) is 0 Å². The molecule has 0 spiro atoms. The van der Waals surface area contributed by atoms with Gasteiger partial charge in [-0.15, -0.1) is 0 Å². The van der Waals surface area contributed by atoms with E-state index in [0.29, 0.717) is 16.4 Å². The van der Waals surface area contributed by atoms with Crippen LogP contribution < -0.4 is 33.2 Å². The Labute approximate surface area is 987 Å². The average molecular weight is 2040 g/mol. The second kappa shape index (κ2) is 58.7. The zero-order valence-electron chi connectivity index (χ0n) is 179. The third-order valence-electron chi connectivity index (χ3n) is 19.8. The van der Waals surface area contributed by atoms with E-state index >= 15 is 0 Å². The number of aliphatic hydroxyl groups is 7. The van der Waals surface area contributed by atoms with Crippen LogP contribution in [-0.4, -0.2) is 303 Å². The predicted octanol–water partition coefficient (Wildman–Crippen LogP) is 21.2. The smallest absolute Gasteiger partial charge is 0.118 e. The first-order chi connectivity index (χ1) is 105. The number of benzene rings is 7. The fourth-order valence-corrected chi connectivity index (χ4v) is 13.0. The molecule has 7 aromatic rings. The van der Waals surface area contributed by atoms with Gasteiger partial charge in [-0.1, -0.05) is 219 Å². The molecule has 0 aliphatic heterocycles. The summed E-state index contributed by atoms with van der Waals surface area (Å²) in [5.74, 6) is -18.8. The van der Waals surface area contributed by atoms with Gasteiger partial charge in [0.05, 0.1) is 89.0 Å². The van der Waals surface area contributed by atoms with Crippen molar-refractivity contribution >= 4 is 0 Å². The summed E-state index contributed by atoms with van der Waals surface area (Å²) in [4.78, 5) is 2.74. The fraction of sp³-hybridized carbons (Fsp3) is 0.647. The lowest BCUT2D eigenvalue weighted by molar-refractivity contribution is -0.0280. The maximum atomic E-state index is 11.9. The SMILES string of the molecule is [2H]C(CN(C)C)(c1ccc(OC)cc1)C1(O)C([2H])([2H])C([2H])([2H])C([2H])([2H])C([2H])([2H])C1([2H])[2H].[2H]C([2H])(C(c1ccc(OC)cc1)C1(O)C([2H])([2H])C([2H])([2H])C([2H])([2H])C([2H])([2H])C1([2H])[2H])N(C)C.[2H]C([2H])(N(C)C)C([2H])(c1ccc(OC)cc1)C1(O)C([2H])([2H])C([2H])([2H])C([2H])([2H])C([2H])([2H])C1([2H])[2H].[2H]C([2H])([2H])N(C([2H])([2H])[2H])C([2H])([2H])C(c1ccc(OC)cc1)C1(O)C([2H])([2H])C([2H])([2H])C([2H])([2H])C([2H])([2H])C1([2H])[2H].[2H]C([2H])([2H])N(C)C([2H])([2H])C(c1ccc(OC)cc1)C1(O)C([2H])([2H])C([2H])([2H])C([2H])([2H])C([2H])([2H])C1([2H])[2H].[2H]C([2H])([2H])N(C)CC([2H])(c1ccc(OC)cc1)C1(O)C([2H])([2H])C([2H])([2H])C([2H])([2H])C([2H])([2H])C1([2H])[2H].[2H]C([2H])([2H])N(CC([2H])(c1ccc(OC)cc1)C1(O)C([2H])([2H])C([2H])([2H])C([2H])([2H])C([2H])([2H])C1([2H])[2H])C([2H])([2H])[2H]. The highest BCUT2D eigenvalue weighted by molar-refractivity contribution is 5.38. The van der Waals surface area contributed by atoms with Crippen molar-refractivity contribution in [3.63, 3.8) is 0 Å². The molecule has 784 valence electrons. The van der Waals surface area contributed by atoms with Crippen LogP contribution in [0.1, 0.15) is 440 Å². The van der Waals surface area contributed by atoms with Crippen LogP contribution in [0.15, 0.2) is 170 Å². The van der Waals surface area contributed by atoms with Crippen molar-refractivity contribution in [1.29, 1.82) is 0 Å². The Balaban J connectivity index is 0.000000330. The van der Waals surface area contributed by atoms with Crippen LogP contribution in [0, 0.1) is 0 Å². The van der Waals surface area contributed by atoms with Crippen molar-refractivity contribution in [2.75, 3.05) is 194 Å². The third-order valence-corrected chi connectivity index (χ3v) is 19.8. The standard InChI is InChI=1S/7C17H27NO2/c7*1-18(2)13-16(17(19)11-5-4-6-12-17)14-7-9-15(20-3)10-8-14/h7*7-10,16,19H,4-6,11-13H2,1-3H3/i1D3,2D3,4D2,5D2,6D2,11D2,12D2,16D;1D3,2D3,4D2,5D2,6D2,11D2,12D2,13D2;4D2,5D2,6D2,11D2,12D2,13D2,16D;1D3,4D2,5D2,6D2,11D2,12D2,16D;1D3,4D2,5D2,6D2,11D2,12D2,13D2;4D2,5D2,6D2,11D2,12D2,16D;4D2,5D2,6D2,11D2,12D2,13D2. The van der Waals surface area contributed by atoms with Crippen LogP contribution in [0.3, 0.4) is 0 Å². The maximum Gasteiger partial charge on any atom is 0.118 e. The van der Waals surface area contributed by atoms with E-state index in [1.807, 2.05) is 0 Å². The normalized spacial score (nSPS) is 44.9. The number of rotatable bonds is 35. The Bertz CT molecular complexity index is 9190. The van der Waals surface area contributed by atoms with Crippen LogP contribution >= 0.6 is 0 Å². The zero-order valence-corrected chi connectivity index (χ0v) is 79.1. The van der Waals surface area contributed by atoms with Gasteiger partial charge < -0.3 is 103 Å². The molecule has 0 heterocycles. The summed E-state index contributed by atoms with van der Waals surface area (Å²) in [6.07, 6.45) is -137. The Hall–Kier alpha value is -7.42. The highest BCUT2D eigenvalue weighted by Crippen LogP contribution is 2.49. The van der Waals surface area contributed by atoms with E-state index in [0.717, 1.165) is 123 Å². The van der Waals surface area contributed by atoms with E-state index in [2.05, 4.69) is 0 Å². The Morgan fingerprint density at radius 2 is 0.393 bits per heavy atom. The lowest BCUT2D eigenvalue weighted by atomic mass is 9.72. The Morgan fingerprint density at radius 3 is 0.593 bits per heavy atom. The highest BCUT2D eigenvalue weighted by atomic mass is 16.5. The van der Waals surface area contributed by atoms with Crippen molar-refractivity contribution < 1.29 is 206 Å². The lowest BCUT2D eigenvalue weighted by Crippen LogP contribution is -2.42. The van der Waals surface area contributed by atoms with Gasteiger partial charge in [-0.3, -0.25) is 0 Å². The Morgan fingerprint density at radius 1 is 0.221 bits per heavy atom. The first kappa shape index (κ1) is 40.0. The molecule has 7 saturated carbocycles. The van der Waals surface area contributed by atoms with Gasteiger partial charge >= 0.3 is 0 Å². The van der Waals surface area contributed by atoms with Crippen molar-refractivity contribution in [3.05, 3.63) is 209 Å². The monoisotopic (exact) mass is 2040 g/mol. The summed E-state index contributed by atoms with van der Waals surface area (Å²) >= 11 is 0. The van der Waals surface area contributed by atoms with E-state index in [4.69, 9.17) is 169 Å². The first-order valence-corrected chi connectivity index (χ1v) is 41.8. The minimum atomic E-state index is -4.27. The van der Waals surface area contributed by atoms with Crippen molar-refractivity contribution in [2.45, 2.75) is 304 Å². The number of ether oxygens (including phenoxy) is 7. The summed E-state index contributed by atoms with van der Waals surface area (Å²) in [5.41, 5.74) is -30.7. The van der Waals surface area contributed by atoms with Gasteiger partial charge in [0.15, 0.2) is 0 Å². The molecule has 7 aromatic carbocycles. The van der Waals surface area contributed by atoms with E-state index < -0.39 is 418 Å². The van der Waals surface area contributed by atoms with Crippen molar-refractivity contribution in [2.24, 2.45) is 0 Å². The predicted molar refractivity (Wildman–Crippen MR) is 576 cm³/mol. The van der Waals surface area contributed by atoms with Gasteiger partial charge in [-0.25, -0.2) is 0 Å². The lowest BCUT2D eigenvalue weighted by Gasteiger charge is -2.40. The summed E-state index contributed by atoms with van der Waals surface area (Å²) in [6.45, 7) is -37.3. The summed E-state index contributed by atoms with van der Waals surface area (Å²) < 4.78 is 855. The van der Waals surface area contributed by atoms with Crippen LogP contribution in [0.5, 0.6) is 40.2 Å². The van der Waals surface area contributed by atoms with Gasteiger partial charge in [0.2, 0.25) is 0 Å². The quantitative estimate of drug-likeness (QED) is 0.0196. The molecule has 14 rings (SSSR count). The number of methoxy groups -OCH3 is 7. The minimum absolute atomic E-state index is 0.0974. The average Bonchev–Trinajstić information content (AvgIpc) is 0.638. The summed E-state index contributed by atoms with van der Waals surface area (Å²) in [5, 5.41) is 82.8. The molecule has 7 unspecified atom stereocenters. The molecule has 0 bridgehead atoms. The number of hydrogen-bond donors (Lipinski definition) is 7. The van der Waals surface area contributed by atoms with Gasteiger partial charge in [0, 0.05) is 224 Å². The summed E-state index contributed by atoms with van der Waals surface area (Å²) in [6, 6.07) is 32.8. The van der Waals surface area contributed by atoms with Crippen LogP contribution in [0.2, 0.25) is 0 Å². The topological polar surface area (TPSA) is 229 Å². The fourth-order valence-electron chi connectivity index (χ4n) is 13.0. The molecule has 7 aliphatic carbocycles. The molecular formula is C119H189N7O14. The Kier molecular flexibility index (Phi) is 16.8. The molecule has 0 saturated heterocycles. The molecule has 0 radical (unpaired) electrons. The first-order valence-electron chi connectivity index (χ1n) is 91.8. The van der Waals surface area contributed by atoms with Crippen molar-refractivity contribution in [3.8, 4) is 40.2 Å². The number of likely N-dealkylation sites (N-methyl/N-ethyl adjacent to an activating group) is 7. The van der Waals surface area contributed by atoms with E-state index in [1.54, 1.807) is 0 Å². The van der Waals surface area contributed by atoms with Crippen molar-refractivity contribution in [1.82, 2.24) is 34.3 Å². The van der Waals surface area contributed by atoms with Gasteiger partial charge in [-0.2, -0.15) is 0 Å². The second-order valence-corrected chi connectivity index (χ2v) is 30.7. The van der Waals surface area contributed by atoms with Gasteiger partial charge in [-0.05, 0) is 311 Å². The minimum Gasteiger partial charge on any atom is -0.497 e. The van der Waals surface area contributed by atoms with Gasteiger partial charge in [0.25, 0.3) is 0 Å². The molecule has 21 heteroatoms. The molecular weight excluding hydrogens is 1750 g/mol. The molecule has 7 fully saturated rings. The van der Waals surface area contributed by atoms with Gasteiger partial charge in [0.1, 0.15) is 40.2 Å². The number of nitrogens with zero attached hydrogens (tertiary/aromatic N) is 7. The number of hydrogen-bond acceptors (Lipinski definition) is 21. The van der Waals surface area contributed by atoms with E-state index in [9.17, 15) is 37.1 Å². The second-order valence-electron chi connectivity index (χ2n) is 30.7. The highest BCUT2D eigenvalue weighted by Gasteiger charge is 2.46. The third kappa shape index (κ3) is 36.7. The largest absolute Gasteiger partial charge is 0.497 e. The molecule has 7 atom stereocenters. The molecule has 7 aliphatic rings. The van der Waals surface area contributed by atoms with Crippen LogP contribution in [0.25, 0.3) is 0 Å². The van der Waals surface area contributed by atoms with E-state index in [-0.39, 0.29) is 55.2 Å². The molecule has 7 N–H and O–H groups in total.